The molecule has 19 heavy (non-hydrogen) atoms. The SMILES string of the molecule is Cc1cc(NCCNC(=O)N(C)C)cc([N+](=O)[O-])c1. The number of benzene rings is 1. The van der Waals surface area contributed by atoms with Gasteiger partial charge in [-0.05, 0) is 18.6 Å². The van der Waals surface area contributed by atoms with Crippen LogP contribution in [0.2, 0.25) is 0 Å². The van der Waals surface area contributed by atoms with Gasteiger partial charge in [-0.25, -0.2) is 4.79 Å². The minimum Gasteiger partial charge on any atom is -0.383 e. The number of urea groups is 1. The predicted octanol–water partition coefficient (Wildman–Crippen LogP) is 1.59. The Hall–Kier alpha value is -2.31. The molecule has 0 aliphatic heterocycles. The van der Waals surface area contributed by atoms with E-state index in [0.717, 1.165) is 5.56 Å². The highest BCUT2D eigenvalue weighted by Gasteiger charge is 2.07. The van der Waals surface area contributed by atoms with Crippen LogP contribution in [0.4, 0.5) is 16.2 Å². The van der Waals surface area contributed by atoms with Crippen molar-refractivity contribution in [3.63, 3.8) is 0 Å². The first-order chi connectivity index (χ1) is 8.90. The monoisotopic (exact) mass is 266 g/mol. The van der Waals surface area contributed by atoms with Crippen molar-refractivity contribution in [2.75, 3.05) is 32.5 Å². The number of rotatable bonds is 5. The molecule has 0 atom stereocenters. The molecular formula is C12H18N4O3. The Labute approximate surface area is 111 Å². The molecule has 1 aromatic rings. The average molecular weight is 266 g/mol. The van der Waals surface area contributed by atoms with Crippen LogP contribution in [0.15, 0.2) is 18.2 Å². The number of carbonyl (C=O) groups is 1. The van der Waals surface area contributed by atoms with Gasteiger partial charge in [0, 0.05) is 45.0 Å². The first-order valence-electron chi connectivity index (χ1n) is 5.85. The molecule has 0 aliphatic rings. The molecule has 104 valence electrons. The Balaban J connectivity index is 2.49. The first kappa shape index (κ1) is 14.7. The van der Waals surface area contributed by atoms with Gasteiger partial charge in [0.1, 0.15) is 0 Å². The highest BCUT2D eigenvalue weighted by atomic mass is 16.6. The summed E-state index contributed by atoms with van der Waals surface area (Å²) in [5.74, 6) is 0. The zero-order valence-electron chi connectivity index (χ0n) is 11.3. The van der Waals surface area contributed by atoms with E-state index in [1.165, 1.54) is 17.0 Å². The van der Waals surface area contributed by atoms with Crippen LogP contribution in [0, 0.1) is 17.0 Å². The summed E-state index contributed by atoms with van der Waals surface area (Å²) in [5, 5.41) is 16.4. The zero-order chi connectivity index (χ0) is 14.4. The molecule has 0 saturated carbocycles. The van der Waals surface area contributed by atoms with Crippen molar-refractivity contribution in [1.29, 1.82) is 0 Å². The number of nitro benzene ring substituents is 1. The van der Waals surface area contributed by atoms with Gasteiger partial charge in [-0.2, -0.15) is 0 Å². The molecule has 0 radical (unpaired) electrons. The maximum atomic E-state index is 11.2. The first-order valence-corrected chi connectivity index (χ1v) is 5.85. The van der Waals surface area contributed by atoms with E-state index in [-0.39, 0.29) is 11.7 Å². The van der Waals surface area contributed by atoms with Gasteiger partial charge in [0.2, 0.25) is 0 Å². The van der Waals surface area contributed by atoms with Crippen LogP contribution >= 0.6 is 0 Å². The smallest absolute Gasteiger partial charge is 0.316 e. The van der Waals surface area contributed by atoms with Crippen LogP contribution in [-0.2, 0) is 0 Å². The van der Waals surface area contributed by atoms with Crippen molar-refractivity contribution in [3.05, 3.63) is 33.9 Å². The maximum absolute atomic E-state index is 11.2. The Bertz CT molecular complexity index is 474. The van der Waals surface area contributed by atoms with Gasteiger partial charge in [-0.3, -0.25) is 10.1 Å². The van der Waals surface area contributed by atoms with Crippen molar-refractivity contribution in [2.24, 2.45) is 0 Å². The van der Waals surface area contributed by atoms with E-state index in [4.69, 9.17) is 0 Å². The fourth-order valence-corrected chi connectivity index (χ4v) is 1.50. The summed E-state index contributed by atoms with van der Waals surface area (Å²) in [5.41, 5.74) is 1.54. The number of amides is 2. The second-order valence-corrected chi connectivity index (χ2v) is 4.37. The predicted molar refractivity (Wildman–Crippen MR) is 73.4 cm³/mol. The number of hydrogen-bond donors (Lipinski definition) is 2. The van der Waals surface area contributed by atoms with Crippen LogP contribution in [0.1, 0.15) is 5.56 Å². The third kappa shape index (κ3) is 4.82. The van der Waals surface area contributed by atoms with E-state index in [2.05, 4.69) is 10.6 Å². The Morgan fingerprint density at radius 2 is 2.00 bits per heavy atom. The largest absolute Gasteiger partial charge is 0.383 e. The minimum atomic E-state index is -0.425. The summed E-state index contributed by atoms with van der Waals surface area (Å²) in [6.45, 7) is 2.74. The Morgan fingerprint density at radius 1 is 1.32 bits per heavy atom. The highest BCUT2D eigenvalue weighted by molar-refractivity contribution is 5.73. The number of hydrogen-bond acceptors (Lipinski definition) is 4. The summed E-state index contributed by atoms with van der Waals surface area (Å²) in [6.07, 6.45) is 0. The number of aryl methyl sites for hydroxylation is 1. The van der Waals surface area contributed by atoms with E-state index < -0.39 is 4.92 Å². The van der Waals surface area contributed by atoms with Crippen LogP contribution in [0.3, 0.4) is 0 Å². The minimum absolute atomic E-state index is 0.0554. The summed E-state index contributed by atoms with van der Waals surface area (Å²) in [6, 6.07) is 4.64. The van der Waals surface area contributed by atoms with Crippen LogP contribution < -0.4 is 10.6 Å². The second kappa shape index (κ2) is 6.58. The third-order valence-electron chi connectivity index (χ3n) is 2.41. The van der Waals surface area contributed by atoms with Gasteiger partial charge in [0.25, 0.3) is 5.69 Å². The molecule has 7 heteroatoms. The van der Waals surface area contributed by atoms with Gasteiger partial charge in [0.05, 0.1) is 4.92 Å². The highest BCUT2D eigenvalue weighted by Crippen LogP contribution is 2.19. The van der Waals surface area contributed by atoms with E-state index in [0.29, 0.717) is 18.8 Å². The fourth-order valence-electron chi connectivity index (χ4n) is 1.50. The van der Waals surface area contributed by atoms with Gasteiger partial charge in [-0.15, -0.1) is 0 Å². The van der Waals surface area contributed by atoms with Gasteiger partial charge in [0.15, 0.2) is 0 Å². The van der Waals surface area contributed by atoms with E-state index >= 15 is 0 Å². The maximum Gasteiger partial charge on any atom is 0.316 e. The van der Waals surface area contributed by atoms with Crippen LogP contribution in [0.25, 0.3) is 0 Å². The molecule has 0 fully saturated rings. The topological polar surface area (TPSA) is 87.5 Å². The quantitative estimate of drug-likeness (QED) is 0.481. The summed E-state index contributed by atoms with van der Waals surface area (Å²) in [4.78, 5) is 23.0. The van der Waals surface area contributed by atoms with Crippen molar-refractivity contribution in [1.82, 2.24) is 10.2 Å². The standard InChI is InChI=1S/C12H18N4O3/c1-9-6-10(8-11(7-9)16(18)19)13-4-5-14-12(17)15(2)3/h6-8,13H,4-5H2,1-3H3,(H,14,17). The molecule has 2 N–H and O–H groups in total. The molecule has 0 aliphatic carbocycles. The molecule has 0 spiro atoms. The van der Waals surface area contributed by atoms with E-state index in [1.807, 2.05) is 6.07 Å². The van der Waals surface area contributed by atoms with E-state index in [9.17, 15) is 14.9 Å². The number of nitrogens with one attached hydrogen (secondary N) is 2. The molecule has 2 amide bonds. The molecule has 0 unspecified atom stereocenters. The summed E-state index contributed by atoms with van der Waals surface area (Å²) in [7, 11) is 3.32. The lowest BCUT2D eigenvalue weighted by atomic mass is 10.2. The molecule has 7 nitrogen and oxygen atoms in total. The zero-order valence-corrected chi connectivity index (χ0v) is 11.3. The van der Waals surface area contributed by atoms with Gasteiger partial charge >= 0.3 is 6.03 Å². The number of nitro groups is 1. The normalized spacial score (nSPS) is 9.84. The Morgan fingerprint density at radius 3 is 2.58 bits per heavy atom. The van der Waals surface area contributed by atoms with Crippen molar-refractivity contribution in [3.8, 4) is 0 Å². The lowest BCUT2D eigenvalue weighted by molar-refractivity contribution is -0.384. The average Bonchev–Trinajstić information content (AvgIpc) is 2.33. The third-order valence-corrected chi connectivity index (χ3v) is 2.41. The number of anilines is 1. The molecule has 0 saturated heterocycles. The molecule has 0 bridgehead atoms. The summed E-state index contributed by atoms with van der Waals surface area (Å²) >= 11 is 0. The van der Waals surface area contributed by atoms with Crippen molar-refractivity contribution in [2.45, 2.75) is 6.92 Å². The van der Waals surface area contributed by atoms with E-state index in [1.54, 1.807) is 21.0 Å². The Kier molecular flexibility index (Phi) is 5.11. The van der Waals surface area contributed by atoms with Crippen molar-refractivity contribution >= 4 is 17.4 Å². The molecular weight excluding hydrogens is 248 g/mol. The van der Waals surface area contributed by atoms with Crippen molar-refractivity contribution < 1.29 is 9.72 Å². The van der Waals surface area contributed by atoms with Gasteiger partial charge in [-0.1, -0.05) is 0 Å². The molecule has 0 heterocycles. The lowest BCUT2D eigenvalue weighted by Gasteiger charge is -2.12. The summed E-state index contributed by atoms with van der Waals surface area (Å²) < 4.78 is 0. The number of non-ortho nitro benzene ring substituents is 1. The number of carbonyl (C=O) groups excluding carboxylic acids is 1. The van der Waals surface area contributed by atoms with Crippen LogP contribution in [-0.4, -0.2) is 43.0 Å². The molecule has 1 aromatic carbocycles. The van der Waals surface area contributed by atoms with Crippen LogP contribution in [0.5, 0.6) is 0 Å². The molecule has 1 rings (SSSR count). The molecule has 0 aromatic heterocycles. The van der Waals surface area contributed by atoms with Gasteiger partial charge < -0.3 is 15.5 Å². The lowest BCUT2D eigenvalue weighted by Crippen LogP contribution is -2.37. The second-order valence-electron chi connectivity index (χ2n) is 4.37. The fraction of sp³-hybridized carbons (Fsp3) is 0.417. The number of nitrogens with zero attached hydrogens (tertiary/aromatic N) is 2.